The van der Waals surface area contributed by atoms with Crippen LogP contribution in [0.1, 0.15) is 5.82 Å². The van der Waals surface area contributed by atoms with E-state index in [1.807, 2.05) is 18.2 Å². The summed E-state index contributed by atoms with van der Waals surface area (Å²) < 4.78 is 6.94. The zero-order valence-electron chi connectivity index (χ0n) is 10.0. The number of methoxy groups -OCH3 is 1. The van der Waals surface area contributed by atoms with Crippen LogP contribution in [0.25, 0.3) is 11.0 Å². The number of alkyl halides is 1. The SMILES string of the molecule is COc1ccc2c(c1)nc(CCCl)n2CC(N)=O. The molecule has 0 radical (unpaired) electrons. The summed E-state index contributed by atoms with van der Waals surface area (Å²) in [5.74, 6) is 1.52. The molecule has 96 valence electrons. The summed E-state index contributed by atoms with van der Waals surface area (Å²) in [6.07, 6.45) is 0.589. The third-order valence-electron chi connectivity index (χ3n) is 2.67. The van der Waals surface area contributed by atoms with Crippen molar-refractivity contribution in [2.24, 2.45) is 5.73 Å². The quantitative estimate of drug-likeness (QED) is 0.831. The number of carbonyl (C=O) groups is 1. The Kier molecular flexibility index (Phi) is 3.72. The molecule has 0 fully saturated rings. The van der Waals surface area contributed by atoms with Crippen LogP contribution in [0.5, 0.6) is 5.75 Å². The molecule has 1 amide bonds. The lowest BCUT2D eigenvalue weighted by atomic mass is 10.3. The Morgan fingerprint density at radius 2 is 2.33 bits per heavy atom. The van der Waals surface area contributed by atoms with Crippen LogP contribution in [-0.4, -0.2) is 28.4 Å². The topological polar surface area (TPSA) is 70.1 Å². The van der Waals surface area contributed by atoms with Gasteiger partial charge in [0, 0.05) is 18.4 Å². The van der Waals surface area contributed by atoms with Gasteiger partial charge in [0.05, 0.1) is 18.1 Å². The summed E-state index contributed by atoms with van der Waals surface area (Å²) in [5.41, 5.74) is 6.88. The second-order valence-electron chi connectivity index (χ2n) is 3.87. The normalized spacial score (nSPS) is 10.8. The van der Waals surface area contributed by atoms with Gasteiger partial charge in [-0.05, 0) is 12.1 Å². The molecule has 2 N–H and O–H groups in total. The molecule has 0 aliphatic heterocycles. The monoisotopic (exact) mass is 267 g/mol. The highest BCUT2D eigenvalue weighted by molar-refractivity contribution is 6.17. The maximum Gasteiger partial charge on any atom is 0.237 e. The molecular formula is C12H14ClN3O2. The largest absolute Gasteiger partial charge is 0.497 e. The van der Waals surface area contributed by atoms with E-state index in [-0.39, 0.29) is 6.54 Å². The Hall–Kier alpha value is -1.75. The molecule has 0 unspecified atom stereocenters. The van der Waals surface area contributed by atoms with E-state index in [0.717, 1.165) is 22.6 Å². The number of halogens is 1. The molecule has 0 saturated heterocycles. The molecule has 6 heteroatoms. The van der Waals surface area contributed by atoms with Crippen molar-refractivity contribution < 1.29 is 9.53 Å². The van der Waals surface area contributed by atoms with Crippen molar-refractivity contribution in [3.63, 3.8) is 0 Å². The predicted octanol–water partition coefficient (Wildman–Crippen LogP) is 1.31. The summed E-state index contributed by atoms with van der Waals surface area (Å²) >= 11 is 5.74. The number of aryl methyl sites for hydroxylation is 1. The number of imidazole rings is 1. The number of amides is 1. The fourth-order valence-electron chi connectivity index (χ4n) is 1.89. The molecule has 5 nitrogen and oxygen atoms in total. The van der Waals surface area contributed by atoms with Gasteiger partial charge in [0.25, 0.3) is 0 Å². The number of ether oxygens (including phenoxy) is 1. The molecule has 0 atom stereocenters. The van der Waals surface area contributed by atoms with E-state index in [1.54, 1.807) is 11.7 Å². The lowest BCUT2D eigenvalue weighted by molar-refractivity contribution is -0.118. The summed E-state index contributed by atoms with van der Waals surface area (Å²) in [6, 6.07) is 5.51. The first-order chi connectivity index (χ1) is 8.65. The number of nitrogens with two attached hydrogens (primary N) is 1. The van der Waals surface area contributed by atoms with Gasteiger partial charge in [-0.25, -0.2) is 4.98 Å². The Balaban J connectivity index is 2.55. The fourth-order valence-corrected chi connectivity index (χ4v) is 2.06. The van der Waals surface area contributed by atoms with Crippen LogP contribution >= 0.6 is 11.6 Å². The minimum Gasteiger partial charge on any atom is -0.497 e. The van der Waals surface area contributed by atoms with E-state index in [2.05, 4.69) is 4.98 Å². The van der Waals surface area contributed by atoms with Crippen molar-refractivity contribution in [3.8, 4) is 5.75 Å². The minimum absolute atomic E-state index is 0.106. The Labute approximate surface area is 109 Å². The number of nitrogens with zero attached hydrogens (tertiary/aromatic N) is 2. The highest BCUT2D eigenvalue weighted by atomic mass is 35.5. The van der Waals surface area contributed by atoms with Crippen molar-refractivity contribution in [1.82, 2.24) is 9.55 Å². The van der Waals surface area contributed by atoms with E-state index in [1.165, 1.54) is 0 Å². The first kappa shape index (κ1) is 12.7. The average molecular weight is 268 g/mol. The zero-order valence-corrected chi connectivity index (χ0v) is 10.8. The van der Waals surface area contributed by atoms with E-state index in [9.17, 15) is 4.79 Å². The fraction of sp³-hybridized carbons (Fsp3) is 0.333. The zero-order chi connectivity index (χ0) is 13.1. The lowest BCUT2D eigenvalue weighted by Crippen LogP contribution is -2.20. The van der Waals surface area contributed by atoms with Crippen molar-refractivity contribution in [1.29, 1.82) is 0 Å². The summed E-state index contributed by atoms with van der Waals surface area (Å²) in [4.78, 5) is 15.6. The molecule has 1 aromatic heterocycles. The number of primary amides is 1. The number of hydrogen-bond acceptors (Lipinski definition) is 3. The first-order valence-corrected chi connectivity index (χ1v) is 6.06. The van der Waals surface area contributed by atoms with Crippen molar-refractivity contribution >= 4 is 28.5 Å². The highest BCUT2D eigenvalue weighted by Gasteiger charge is 2.12. The van der Waals surface area contributed by atoms with E-state index >= 15 is 0 Å². The maximum atomic E-state index is 11.1. The lowest BCUT2D eigenvalue weighted by Gasteiger charge is -2.05. The third-order valence-corrected chi connectivity index (χ3v) is 2.86. The number of hydrogen-bond donors (Lipinski definition) is 1. The summed E-state index contributed by atoms with van der Waals surface area (Å²) in [5, 5.41) is 0. The first-order valence-electron chi connectivity index (χ1n) is 5.53. The molecule has 1 aromatic carbocycles. The van der Waals surface area contributed by atoms with E-state index < -0.39 is 5.91 Å². The van der Waals surface area contributed by atoms with Crippen LogP contribution in [0.3, 0.4) is 0 Å². The van der Waals surface area contributed by atoms with Crippen LogP contribution < -0.4 is 10.5 Å². The molecule has 0 saturated carbocycles. The molecule has 0 bridgehead atoms. The average Bonchev–Trinajstić information content (AvgIpc) is 2.66. The van der Waals surface area contributed by atoms with E-state index in [0.29, 0.717) is 12.3 Å². The van der Waals surface area contributed by atoms with Gasteiger partial charge in [0.1, 0.15) is 18.1 Å². The maximum absolute atomic E-state index is 11.1. The Bertz CT molecular complexity index is 580. The van der Waals surface area contributed by atoms with Crippen LogP contribution in [-0.2, 0) is 17.8 Å². The van der Waals surface area contributed by atoms with Crippen molar-refractivity contribution in [2.75, 3.05) is 13.0 Å². The molecule has 1 heterocycles. The van der Waals surface area contributed by atoms with Crippen LogP contribution in [0.15, 0.2) is 18.2 Å². The summed E-state index contributed by atoms with van der Waals surface area (Å²) in [7, 11) is 1.60. The number of benzene rings is 1. The van der Waals surface area contributed by atoms with Gasteiger partial charge < -0.3 is 15.0 Å². The minimum atomic E-state index is -0.402. The highest BCUT2D eigenvalue weighted by Crippen LogP contribution is 2.22. The summed E-state index contributed by atoms with van der Waals surface area (Å²) in [6.45, 7) is 0.106. The predicted molar refractivity (Wildman–Crippen MR) is 69.9 cm³/mol. The van der Waals surface area contributed by atoms with Crippen molar-refractivity contribution in [2.45, 2.75) is 13.0 Å². The molecular weight excluding hydrogens is 254 g/mol. The molecule has 0 aliphatic rings. The molecule has 2 aromatic rings. The van der Waals surface area contributed by atoms with Gasteiger partial charge in [-0.15, -0.1) is 11.6 Å². The van der Waals surface area contributed by atoms with Crippen LogP contribution in [0.2, 0.25) is 0 Å². The third kappa shape index (κ3) is 2.41. The molecule has 0 aliphatic carbocycles. The Morgan fingerprint density at radius 3 is 2.94 bits per heavy atom. The van der Waals surface area contributed by atoms with Gasteiger partial charge in [-0.1, -0.05) is 0 Å². The van der Waals surface area contributed by atoms with Crippen LogP contribution in [0, 0.1) is 0 Å². The number of aromatic nitrogens is 2. The van der Waals surface area contributed by atoms with Crippen LogP contribution in [0.4, 0.5) is 0 Å². The number of fused-ring (bicyclic) bond motifs is 1. The standard InChI is InChI=1S/C12H14ClN3O2/c1-18-8-2-3-10-9(6-8)15-12(4-5-13)16(10)7-11(14)17/h2-3,6H,4-5,7H2,1H3,(H2,14,17). The number of rotatable bonds is 5. The number of carbonyl (C=O) groups excluding carboxylic acids is 1. The molecule has 0 spiro atoms. The second kappa shape index (κ2) is 5.27. The van der Waals surface area contributed by atoms with E-state index in [4.69, 9.17) is 22.1 Å². The molecule has 18 heavy (non-hydrogen) atoms. The van der Waals surface area contributed by atoms with Gasteiger partial charge >= 0.3 is 0 Å². The van der Waals surface area contributed by atoms with Gasteiger partial charge in [-0.3, -0.25) is 4.79 Å². The van der Waals surface area contributed by atoms with Gasteiger partial charge in [0.2, 0.25) is 5.91 Å². The van der Waals surface area contributed by atoms with Crippen molar-refractivity contribution in [3.05, 3.63) is 24.0 Å². The Morgan fingerprint density at radius 1 is 1.56 bits per heavy atom. The van der Waals surface area contributed by atoms with Gasteiger partial charge in [0.15, 0.2) is 0 Å². The van der Waals surface area contributed by atoms with Gasteiger partial charge in [-0.2, -0.15) is 0 Å². The second-order valence-corrected chi connectivity index (χ2v) is 4.25. The smallest absolute Gasteiger partial charge is 0.237 e. The molecule has 2 rings (SSSR count).